The molecule has 27 heavy (non-hydrogen) atoms. The molecule has 1 heterocycles. The number of amides is 1. The van der Waals surface area contributed by atoms with Crippen LogP contribution in [-0.2, 0) is 11.2 Å². The van der Waals surface area contributed by atoms with Crippen molar-refractivity contribution in [3.63, 3.8) is 0 Å². The highest BCUT2D eigenvalue weighted by atomic mass is 79.9. The zero-order valence-corrected chi connectivity index (χ0v) is 18.7. The van der Waals surface area contributed by atoms with Crippen LogP contribution in [0.15, 0.2) is 44.2 Å². The van der Waals surface area contributed by atoms with Crippen molar-refractivity contribution in [1.29, 1.82) is 0 Å². The molecule has 1 aliphatic rings. The van der Waals surface area contributed by atoms with Crippen molar-refractivity contribution < 1.29 is 14.6 Å². The zero-order chi connectivity index (χ0) is 19.6. The highest BCUT2D eigenvalue weighted by Crippen LogP contribution is 2.43. The number of phenols is 1. The fourth-order valence-electron chi connectivity index (χ4n) is 2.57. The smallest absolute Gasteiger partial charge is 0.260 e. The molecule has 1 aliphatic heterocycles. The Bertz CT molecular complexity index is 901. The number of methoxy groups -OCH3 is 1. The van der Waals surface area contributed by atoms with E-state index < -0.39 is 0 Å². The largest absolute Gasteiger partial charge is 0.503 e. The third-order valence-electron chi connectivity index (χ3n) is 4.07. The molecule has 142 valence electrons. The SMILES string of the molecule is CCc1ccc(NC2NC(=O)C(=Cc3cc(OC)c(O)c(Br)c3Br)S2)cc1. The number of hydrogen-bond donors (Lipinski definition) is 3. The minimum atomic E-state index is -0.252. The molecular weight excluding hydrogens is 496 g/mol. The molecule has 0 aromatic heterocycles. The van der Waals surface area contributed by atoms with Crippen molar-refractivity contribution in [1.82, 2.24) is 5.32 Å². The molecule has 0 bridgehead atoms. The molecule has 1 fully saturated rings. The van der Waals surface area contributed by atoms with Crippen molar-refractivity contribution >= 4 is 61.3 Å². The van der Waals surface area contributed by atoms with Crippen LogP contribution in [0.25, 0.3) is 6.08 Å². The van der Waals surface area contributed by atoms with Gasteiger partial charge >= 0.3 is 0 Å². The second-order valence-electron chi connectivity index (χ2n) is 5.82. The molecule has 0 aliphatic carbocycles. The number of thioether (sulfide) groups is 1. The number of anilines is 1. The lowest BCUT2D eigenvalue weighted by Gasteiger charge is -2.13. The first-order valence-corrected chi connectivity index (χ1v) is 10.7. The van der Waals surface area contributed by atoms with Gasteiger partial charge in [-0.15, -0.1) is 0 Å². The lowest BCUT2D eigenvalue weighted by molar-refractivity contribution is -0.116. The number of carbonyl (C=O) groups excluding carboxylic acids is 1. The minimum Gasteiger partial charge on any atom is -0.503 e. The van der Waals surface area contributed by atoms with Crippen LogP contribution in [-0.4, -0.2) is 23.6 Å². The summed E-state index contributed by atoms with van der Waals surface area (Å²) in [7, 11) is 1.48. The van der Waals surface area contributed by atoms with Gasteiger partial charge in [-0.1, -0.05) is 30.8 Å². The standard InChI is InChI=1S/C19H18Br2N2O3S/c1-3-10-4-6-12(7-5-10)22-19-23-18(25)14(27-19)9-11-8-13(26-2)17(24)16(21)15(11)20/h4-9,19,22,24H,3H2,1-2H3,(H,23,25). The number of carbonyl (C=O) groups is 1. The average Bonchev–Trinajstić information content (AvgIpc) is 3.01. The first-order valence-electron chi connectivity index (χ1n) is 8.22. The van der Waals surface area contributed by atoms with Crippen LogP contribution >= 0.6 is 43.6 Å². The van der Waals surface area contributed by atoms with E-state index in [4.69, 9.17) is 4.74 Å². The molecule has 3 rings (SSSR count). The van der Waals surface area contributed by atoms with Crippen molar-refractivity contribution in [3.8, 4) is 11.5 Å². The summed E-state index contributed by atoms with van der Waals surface area (Å²) in [5, 5.41) is 16.3. The number of hydrogen-bond acceptors (Lipinski definition) is 5. The summed E-state index contributed by atoms with van der Waals surface area (Å²) in [4.78, 5) is 12.9. The molecule has 8 heteroatoms. The first kappa shape index (κ1) is 20.1. The maximum Gasteiger partial charge on any atom is 0.260 e. The summed E-state index contributed by atoms with van der Waals surface area (Å²) in [6.07, 6.45) is 2.75. The van der Waals surface area contributed by atoms with Gasteiger partial charge in [0.2, 0.25) is 0 Å². The number of benzene rings is 2. The Kier molecular flexibility index (Phi) is 6.39. The molecule has 2 aromatic rings. The van der Waals surface area contributed by atoms with E-state index in [2.05, 4.69) is 61.5 Å². The molecule has 1 atom stereocenters. The van der Waals surface area contributed by atoms with Crippen LogP contribution in [0.3, 0.4) is 0 Å². The quantitative estimate of drug-likeness (QED) is 0.486. The van der Waals surface area contributed by atoms with Gasteiger partial charge in [0, 0.05) is 10.2 Å². The molecule has 1 amide bonds. The number of rotatable bonds is 5. The monoisotopic (exact) mass is 512 g/mol. The van der Waals surface area contributed by atoms with E-state index in [1.807, 2.05) is 12.1 Å². The maximum absolute atomic E-state index is 12.3. The third kappa shape index (κ3) is 4.44. The second-order valence-corrected chi connectivity index (χ2v) is 8.55. The summed E-state index contributed by atoms with van der Waals surface area (Å²) in [5.41, 5.74) is 2.68. The van der Waals surface area contributed by atoms with Crippen molar-refractivity contribution in [2.24, 2.45) is 0 Å². The van der Waals surface area contributed by atoms with Gasteiger partial charge in [-0.2, -0.15) is 0 Å². The third-order valence-corrected chi connectivity index (χ3v) is 7.26. The summed E-state index contributed by atoms with van der Waals surface area (Å²) in [6.45, 7) is 2.11. The lowest BCUT2D eigenvalue weighted by Crippen LogP contribution is -2.30. The van der Waals surface area contributed by atoms with Crippen LogP contribution in [0.1, 0.15) is 18.1 Å². The number of nitrogens with one attached hydrogen (secondary N) is 2. The second kappa shape index (κ2) is 8.58. The van der Waals surface area contributed by atoms with Gasteiger partial charge < -0.3 is 20.5 Å². The van der Waals surface area contributed by atoms with Crippen LogP contribution in [0, 0.1) is 0 Å². The van der Waals surface area contributed by atoms with E-state index in [9.17, 15) is 9.90 Å². The Morgan fingerprint density at radius 1 is 1.30 bits per heavy atom. The van der Waals surface area contributed by atoms with E-state index in [-0.39, 0.29) is 17.2 Å². The summed E-state index contributed by atoms with van der Waals surface area (Å²) in [6, 6.07) is 9.82. The van der Waals surface area contributed by atoms with Gasteiger partial charge in [-0.25, -0.2) is 0 Å². The van der Waals surface area contributed by atoms with Gasteiger partial charge in [-0.05, 0) is 73.7 Å². The zero-order valence-electron chi connectivity index (χ0n) is 14.7. The van der Waals surface area contributed by atoms with Crippen molar-refractivity contribution in [2.75, 3.05) is 12.4 Å². The molecule has 1 saturated heterocycles. The molecular formula is C19H18Br2N2O3S. The van der Waals surface area contributed by atoms with Crippen LogP contribution in [0.5, 0.6) is 11.5 Å². The van der Waals surface area contributed by atoms with Crippen LogP contribution in [0.4, 0.5) is 5.69 Å². The Morgan fingerprint density at radius 3 is 2.63 bits per heavy atom. The molecule has 1 unspecified atom stereocenters. The Morgan fingerprint density at radius 2 is 2.00 bits per heavy atom. The first-order chi connectivity index (χ1) is 12.9. The molecule has 0 spiro atoms. The topological polar surface area (TPSA) is 70.6 Å². The number of aryl methyl sites for hydroxylation is 1. The number of halogens is 2. The number of ether oxygens (including phenoxy) is 1. The number of aromatic hydroxyl groups is 1. The van der Waals surface area contributed by atoms with Crippen molar-refractivity contribution in [2.45, 2.75) is 18.8 Å². The molecule has 3 N–H and O–H groups in total. The molecule has 0 saturated carbocycles. The maximum atomic E-state index is 12.3. The van der Waals surface area contributed by atoms with Gasteiger partial charge in [0.1, 0.15) is 0 Å². The lowest BCUT2D eigenvalue weighted by atomic mass is 10.1. The van der Waals surface area contributed by atoms with E-state index >= 15 is 0 Å². The summed E-state index contributed by atoms with van der Waals surface area (Å²) < 4.78 is 6.30. The van der Waals surface area contributed by atoms with Crippen LogP contribution < -0.4 is 15.4 Å². The molecule has 0 radical (unpaired) electrons. The van der Waals surface area contributed by atoms with Crippen LogP contribution in [0.2, 0.25) is 0 Å². The van der Waals surface area contributed by atoms with Crippen molar-refractivity contribution in [3.05, 3.63) is 55.3 Å². The predicted octanol–water partition coefficient (Wildman–Crippen LogP) is 5.09. The van der Waals surface area contributed by atoms with E-state index in [0.29, 0.717) is 19.6 Å². The Balaban J connectivity index is 1.80. The Labute approximate surface area is 178 Å². The molecule has 5 nitrogen and oxygen atoms in total. The van der Waals surface area contributed by atoms with E-state index in [1.54, 1.807) is 12.1 Å². The van der Waals surface area contributed by atoms with E-state index in [1.165, 1.54) is 24.4 Å². The minimum absolute atomic E-state index is 0.00474. The Hall–Kier alpha value is -1.64. The van der Waals surface area contributed by atoms with Gasteiger partial charge in [0.25, 0.3) is 5.91 Å². The average molecular weight is 514 g/mol. The normalized spacial score (nSPS) is 17.9. The summed E-state index contributed by atoms with van der Waals surface area (Å²) >= 11 is 8.17. The van der Waals surface area contributed by atoms with Gasteiger partial charge in [0.15, 0.2) is 17.0 Å². The van der Waals surface area contributed by atoms with Gasteiger partial charge in [-0.3, -0.25) is 4.79 Å². The highest BCUT2D eigenvalue weighted by Gasteiger charge is 2.27. The predicted molar refractivity (Wildman–Crippen MR) is 117 cm³/mol. The highest BCUT2D eigenvalue weighted by molar-refractivity contribution is 9.13. The fraction of sp³-hybridized carbons (Fsp3) is 0.211. The fourth-order valence-corrected chi connectivity index (χ4v) is 4.38. The summed E-state index contributed by atoms with van der Waals surface area (Å²) in [5.74, 6) is 0.175. The molecule has 2 aromatic carbocycles. The number of phenolic OH excluding ortho intramolecular Hbond substituents is 1. The van der Waals surface area contributed by atoms with E-state index in [0.717, 1.165) is 17.7 Å². The van der Waals surface area contributed by atoms with Gasteiger partial charge in [0.05, 0.1) is 16.5 Å².